The van der Waals surface area contributed by atoms with Crippen LogP contribution in [0.5, 0.6) is 5.75 Å². The van der Waals surface area contributed by atoms with Crippen LogP contribution in [0.2, 0.25) is 0 Å². The number of rotatable bonds is 5. The van der Waals surface area contributed by atoms with E-state index in [9.17, 15) is 4.79 Å². The third-order valence-corrected chi connectivity index (χ3v) is 2.97. The van der Waals surface area contributed by atoms with Gasteiger partial charge in [-0.2, -0.15) is 0 Å². The molecule has 3 heteroatoms. The van der Waals surface area contributed by atoms with Gasteiger partial charge < -0.3 is 9.47 Å². The van der Waals surface area contributed by atoms with Crippen LogP contribution in [0.1, 0.15) is 15.9 Å². The summed E-state index contributed by atoms with van der Waals surface area (Å²) in [4.78, 5) is 12.3. The lowest BCUT2D eigenvalue weighted by Gasteiger charge is -2.06. The Kier molecular flexibility index (Phi) is 3.29. The van der Waals surface area contributed by atoms with E-state index in [2.05, 4.69) is 0 Å². The molecule has 0 unspecified atom stereocenters. The van der Waals surface area contributed by atoms with Crippen LogP contribution in [0, 0.1) is 0 Å². The molecule has 0 spiro atoms. The number of epoxide rings is 1. The second kappa shape index (κ2) is 5.24. The Bertz CT molecular complexity index is 574. The molecular weight excluding hydrogens is 240 g/mol. The van der Waals surface area contributed by atoms with E-state index in [0.717, 1.165) is 6.61 Å². The zero-order valence-electron chi connectivity index (χ0n) is 10.4. The van der Waals surface area contributed by atoms with Gasteiger partial charge in [-0.15, -0.1) is 0 Å². The average Bonchev–Trinajstić information content (AvgIpc) is 3.30. The van der Waals surface area contributed by atoms with Crippen molar-refractivity contribution < 1.29 is 14.3 Å². The zero-order valence-corrected chi connectivity index (χ0v) is 10.4. The first-order chi connectivity index (χ1) is 9.33. The van der Waals surface area contributed by atoms with E-state index in [0.29, 0.717) is 23.5 Å². The van der Waals surface area contributed by atoms with Crippen LogP contribution >= 0.6 is 0 Å². The van der Waals surface area contributed by atoms with Crippen LogP contribution < -0.4 is 4.74 Å². The Labute approximate surface area is 111 Å². The van der Waals surface area contributed by atoms with Gasteiger partial charge in [-0.3, -0.25) is 4.79 Å². The minimum absolute atomic E-state index is 0.00808. The van der Waals surface area contributed by atoms with Crippen molar-refractivity contribution in [3.63, 3.8) is 0 Å². The van der Waals surface area contributed by atoms with E-state index in [1.807, 2.05) is 42.5 Å². The van der Waals surface area contributed by atoms with Crippen molar-refractivity contribution in [3.8, 4) is 5.75 Å². The predicted molar refractivity (Wildman–Crippen MR) is 71.6 cm³/mol. The van der Waals surface area contributed by atoms with Crippen molar-refractivity contribution >= 4 is 5.78 Å². The Morgan fingerprint density at radius 3 is 2.58 bits per heavy atom. The van der Waals surface area contributed by atoms with Crippen molar-refractivity contribution in [1.29, 1.82) is 0 Å². The summed E-state index contributed by atoms with van der Waals surface area (Å²) >= 11 is 0. The number of ether oxygens (including phenoxy) is 2. The monoisotopic (exact) mass is 254 g/mol. The summed E-state index contributed by atoms with van der Waals surface area (Å²) in [6.45, 7) is 1.31. The topological polar surface area (TPSA) is 38.8 Å². The van der Waals surface area contributed by atoms with E-state index in [1.165, 1.54) is 0 Å². The molecule has 3 rings (SSSR count). The van der Waals surface area contributed by atoms with Crippen LogP contribution in [0.15, 0.2) is 54.6 Å². The highest BCUT2D eigenvalue weighted by Gasteiger charge is 2.23. The number of hydrogen-bond donors (Lipinski definition) is 0. The Morgan fingerprint density at radius 2 is 1.84 bits per heavy atom. The molecule has 0 radical (unpaired) electrons. The lowest BCUT2D eigenvalue weighted by molar-refractivity contribution is 0.103. The van der Waals surface area contributed by atoms with Gasteiger partial charge in [0.2, 0.25) is 0 Å². The zero-order chi connectivity index (χ0) is 13.1. The van der Waals surface area contributed by atoms with Crippen molar-refractivity contribution in [1.82, 2.24) is 0 Å². The summed E-state index contributed by atoms with van der Waals surface area (Å²) in [7, 11) is 0. The second-order valence-electron chi connectivity index (χ2n) is 4.49. The maximum Gasteiger partial charge on any atom is 0.193 e. The number of hydrogen-bond acceptors (Lipinski definition) is 3. The molecule has 0 saturated carbocycles. The van der Waals surface area contributed by atoms with Gasteiger partial charge >= 0.3 is 0 Å². The van der Waals surface area contributed by atoms with Gasteiger partial charge in [-0.1, -0.05) is 42.5 Å². The van der Waals surface area contributed by atoms with Gasteiger partial charge in [0, 0.05) is 11.1 Å². The fourth-order valence-electron chi connectivity index (χ4n) is 1.84. The molecule has 2 aromatic carbocycles. The van der Waals surface area contributed by atoms with Crippen LogP contribution in [0.3, 0.4) is 0 Å². The lowest BCUT2D eigenvalue weighted by atomic mass is 10.0. The summed E-state index contributed by atoms with van der Waals surface area (Å²) in [6, 6.07) is 16.5. The van der Waals surface area contributed by atoms with Crippen LogP contribution in [-0.4, -0.2) is 25.1 Å². The van der Waals surface area contributed by atoms with Crippen LogP contribution in [-0.2, 0) is 4.74 Å². The standard InChI is InChI=1S/C16H14O3/c17-16(12-5-2-1-3-6-12)13-7-4-8-14(9-13)18-10-15-11-19-15/h1-9,15H,10-11H2/t15-/m1/s1. The molecule has 0 bridgehead atoms. The molecule has 2 aromatic rings. The van der Waals surface area contributed by atoms with Crippen molar-refractivity contribution in [2.24, 2.45) is 0 Å². The van der Waals surface area contributed by atoms with Gasteiger partial charge in [-0.25, -0.2) is 0 Å². The first kappa shape index (κ1) is 11.9. The molecule has 0 aromatic heterocycles. The lowest BCUT2D eigenvalue weighted by Crippen LogP contribution is -2.05. The minimum Gasteiger partial charge on any atom is -0.491 e. The van der Waals surface area contributed by atoms with Crippen molar-refractivity contribution in [2.75, 3.05) is 13.2 Å². The number of carbonyl (C=O) groups excluding carboxylic acids is 1. The third-order valence-electron chi connectivity index (χ3n) is 2.97. The average molecular weight is 254 g/mol. The Balaban J connectivity index is 1.76. The highest BCUT2D eigenvalue weighted by molar-refractivity contribution is 6.09. The maximum atomic E-state index is 12.3. The number of benzene rings is 2. The van der Waals surface area contributed by atoms with Crippen LogP contribution in [0.4, 0.5) is 0 Å². The summed E-state index contributed by atoms with van der Waals surface area (Å²) in [5, 5.41) is 0. The summed E-state index contributed by atoms with van der Waals surface area (Å²) in [5.41, 5.74) is 1.32. The molecule has 1 aliphatic rings. The van der Waals surface area contributed by atoms with E-state index in [1.54, 1.807) is 12.1 Å². The predicted octanol–water partition coefficient (Wildman–Crippen LogP) is 2.70. The van der Waals surface area contributed by atoms with Gasteiger partial charge in [0.05, 0.1) is 6.61 Å². The Hall–Kier alpha value is -2.13. The molecule has 0 amide bonds. The largest absolute Gasteiger partial charge is 0.491 e. The van der Waals surface area contributed by atoms with Gasteiger partial charge in [0.15, 0.2) is 5.78 Å². The summed E-state index contributed by atoms with van der Waals surface area (Å²) < 4.78 is 10.7. The quantitative estimate of drug-likeness (QED) is 0.608. The molecule has 1 aliphatic heterocycles. The fourth-order valence-corrected chi connectivity index (χ4v) is 1.84. The van der Waals surface area contributed by atoms with Crippen molar-refractivity contribution in [3.05, 3.63) is 65.7 Å². The van der Waals surface area contributed by atoms with E-state index in [4.69, 9.17) is 9.47 Å². The summed E-state index contributed by atoms with van der Waals surface area (Å²) in [5.74, 6) is 0.714. The van der Waals surface area contributed by atoms with E-state index in [-0.39, 0.29) is 11.9 Å². The first-order valence-electron chi connectivity index (χ1n) is 6.27. The molecule has 96 valence electrons. The second-order valence-corrected chi connectivity index (χ2v) is 4.49. The smallest absolute Gasteiger partial charge is 0.193 e. The minimum atomic E-state index is 0.00808. The SMILES string of the molecule is O=C(c1ccccc1)c1cccc(OC[C@@H]2CO2)c1. The van der Waals surface area contributed by atoms with E-state index < -0.39 is 0 Å². The molecule has 0 N–H and O–H groups in total. The number of carbonyl (C=O) groups is 1. The molecule has 1 fully saturated rings. The molecule has 3 nitrogen and oxygen atoms in total. The highest BCUT2D eigenvalue weighted by atomic mass is 16.6. The molecule has 1 heterocycles. The molecule has 1 saturated heterocycles. The molecule has 1 atom stereocenters. The first-order valence-corrected chi connectivity index (χ1v) is 6.27. The highest BCUT2D eigenvalue weighted by Crippen LogP contribution is 2.18. The third kappa shape index (κ3) is 3.01. The van der Waals surface area contributed by atoms with Gasteiger partial charge in [-0.05, 0) is 12.1 Å². The molecule has 19 heavy (non-hydrogen) atoms. The van der Waals surface area contributed by atoms with Crippen molar-refractivity contribution in [2.45, 2.75) is 6.10 Å². The van der Waals surface area contributed by atoms with Gasteiger partial charge in [0.25, 0.3) is 0 Å². The summed E-state index contributed by atoms with van der Waals surface area (Å²) in [6.07, 6.45) is 0.216. The molecular formula is C16H14O3. The van der Waals surface area contributed by atoms with Gasteiger partial charge in [0.1, 0.15) is 18.5 Å². The normalized spacial score (nSPS) is 16.9. The number of ketones is 1. The van der Waals surface area contributed by atoms with Crippen LogP contribution in [0.25, 0.3) is 0 Å². The fraction of sp³-hybridized carbons (Fsp3) is 0.188. The molecule has 0 aliphatic carbocycles. The maximum absolute atomic E-state index is 12.3. The van der Waals surface area contributed by atoms with E-state index >= 15 is 0 Å². The Morgan fingerprint density at radius 1 is 1.11 bits per heavy atom.